The average Bonchev–Trinajstić information content (AvgIpc) is 3.38. The van der Waals surface area contributed by atoms with Crippen LogP contribution in [0.25, 0.3) is 16.0 Å². The van der Waals surface area contributed by atoms with Crippen LogP contribution in [0.1, 0.15) is 28.3 Å². The molecule has 1 atom stereocenters. The fourth-order valence-electron chi connectivity index (χ4n) is 3.30. The normalized spacial score (nSPS) is 12.6. The van der Waals surface area contributed by atoms with Crippen molar-refractivity contribution >= 4 is 49.8 Å². The summed E-state index contributed by atoms with van der Waals surface area (Å²) in [5.74, 6) is -0.401. The van der Waals surface area contributed by atoms with E-state index in [1.807, 2.05) is 0 Å². The molecule has 0 unspecified atom stereocenters. The summed E-state index contributed by atoms with van der Waals surface area (Å²) in [4.78, 5) is 17.1. The Hall–Kier alpha value is -3.08. The molecule has 1 N–H and O–H groups in total. The van der Waals surface area contributed by atoms with Crippen molar-refractivity contribution in [3.05, 3.63) is 64.3 Å². The van der Waals surface area contributed by atoms with Crippen molar-refractivity contribution in [3.63, 3.8) is 0 Å². The lowest BCUT2D eigenvalue weighted by Gasteiger charge is -2.16. The Morgan fingerprint density at radius 1 is 1.24 bits per heavy atom. The predicted octanol–water partition coefficient (Wildman–Crippen LogP) is 4.78. The third-order valence-electron chi connectivity index (χ3n) is 4.99. The number of thiophene rings is 1. The van der Waals surface area contributed by atoms with Gasteiger partial charge in [0, 0.05) is 17.9 Å². The first-order chi connectivity index (χ1) is 15.6. The first-order valence-corrected chi connectivity index (χ1v) is 12.7. The molecule has 0 saturated carbocycles. The Morgan fingerprint density at radius 3 is 2.70 bits per heavy atom. The van der Waals surface area contributed by atoms with Crippen molar-refractivity contribution < 1.29 is 27.8 Å². The van der Waals surface area contributed by atoms with Gasteiger partial charge in [0.05, 0.1) is 28.1 Å². The Labute approximate surface area is 198 Å². The smallest absolute Gasteiger partial charge is 0.351 e. The molecule has 0 aliphatic heterocycles. The molecule has 0 aliphatic rings. The van der Waals surface area contributed by atoms with Crippen molar-refractivity contribution in [2.75, 3.05) is 13.4 Å². The number of hydrogen-bond acceptors (Lipinski definition) is 8. The molecule has 0 saturated heterocycles. The number of rotatable bonds is 6. The number of ether oxygens (including phenoxy) is 2. The fourth-order valence-corrected chi connectivity index (χ4v) is 5.22. The van der Waals surface area contributed by atoms with Crippen molar-refractivity contribution in [3.8, 4) is 16.5 Å². The Bertz CT molecular complexity index is 1480. The molecule has 8 nitrogen and oxygen atoms in total. The number of fused-ring (bicyclic) bond motifs is 1. The van der Waals surface area contributed by atoms with E-state index in [1.54, 1.807) is 42.1 Å². The number of nitrogens with zero attached hydrogens (tertiary/aromatic N) is 2. The highest BCUT2D eigenvalue weighted by molar-refractivity contribution is 7.90. The standard InChI is InChI=1S/C22H19ClN2O6S2/c1-12(14-5-4-6-17(26)20(14)23)31-18-10-19(32-21(18)22(27)30-2)25-11-24-15-8-7-13(9-16(15)25)33(3,28)29/h4-12,26H,1-3H3/t12-/m1/s1. The molecule has 0 spiro atoms. The van der Waals surface area contributed by atoms with Gasteiger partial charge in [-0.25, -0.2) is 18.2 Å². The van der Waals surface area contributed by atoms with Gasteiger partial charge in [-0.3, -0.25) is 4.57 Å². The Kier molecular flexibility index (Phi) is 6.08. The van der Waals surface area contributed by atoms with Gasteiger partial charge in [0.25, 0.3) is 0 Å². The van der Waals surface area contributed by atoms with E-state index in [1.165, 1.54) is 25.3 Å². The van der Waals surface area contributed by atoms with Crippen LogP contribution in [0.4, 0.5) is 0 Å². The molecule has 0 amide bonds. The molecule has 0 radical (unpaired) electrons. The predicted molar refractivity (Wildman–Crippen MR) is 126 cm³/mol. The summed E-state index contributed by atoms with van der Waals surface area (Å²) in [5.41, 5.74) is 1.70. The number of carbonyl (C=O) groups excluding carboxylic acids is 1. The van der Waals surface area contributed by atoms with E-state index in [0.717, 1.165) is 17.6 Å². The minimum Gasteiger partial charge on any atom is -0.506 e. The lowest BCUT2D eigenvalue weighted by Crippen LogP contribution is -2.07. The van der Waals surface area contributed by atoms with Gasteiger partial charge in [0.2, 0.25) is 0 Å². The van der Waals surface area contributed by atoms with E-state index in [-0.39, 0.29) is 26.3 Å². The quantitative estimate of drug-likeness (QED) is 0.375. The molecule has 11 heteroatoms. The summed E-state index contributed by atoms with van der Waals surface area (Å²) < 4.78 is 36.6. The van der Waals surface area contributed by atoms with E-state index in [9.17, 15) is 18.3 Å². The van der Waals surface area contributed by atoms with Gasteiger partial charge in [-0.15, -0.1) is 11.3 Å². The number of phenols is 1. The number of sulfone groups is 1. The van der Waals surface area contributed by atoms with Gasteiger partial charge in [0.1, 0.15) is 28.9 Å². The highest BCUT2D eigenvalue weighted by Gasteiger charge is 2.23. The second kappa shape index (κ2) is 8.69. The maximum atomic E-state index is 12.4. The van der Waals surface area contributed by atoms with Gasteiger partial charge < -0.3 is 14.6 Å². The fraction of sp³-hybridized carbons (Fsp3) is 0.182. The summed E-state index contributed by atoms with van der Waals surface area (Å²) >= 11 is 7.32. The molecule has 4 rings (SSSR count). The second-order valence-corrected chi connectivity index (χ2v) is 10.7. The zero-order valence-electron chi connectivity index (χ0n) is 17.8. The van der Waals surface area contributed by atoms with Crippen LogP contribution in [0.5, 0.6) is 11.5 Å². The largest absolute Gasteiger partial charge is 0.506 e. The van der Waals surface area contributed by atoms with E-state index < -0.39 is 21.9 Å². The van der Waals surface area contributed by atoms with Crippen molar-refractivity contribution in [2.45, 2.75) is 17.9 Å². The van der Waals surface area contributed by atoms with Crippen LogP contribution in [0.3, 0.4) is 0 Å². The minimum atomic E-state index is -3.42. The molecule has 172 valence electrons. The molecule has 2 aromatic carbocycles. The van der Waals surface area contributed by atoms with E-state index >= 15 is 0 Å². The van der Waals surface area contributed by atoms with Crippen LogP contribution < -0.4 is 4.74 Å². The van der Waals surface area contributed by atoms with Gasteiger partial charge in [0.15, 0.2) is 14.7 Å². The van der Waals surface area contributed by atoms with Crippen LogP contribution in [-0.2, 0) is 14.6 Å². The van der Waals surface area contributed by atoms with Crippen molar-refractivity contribution in [1.82, 2.24) is 9.55 Å². The van der Waals surface area contributed by atoms with Gasteiger partial charge in [-0.05, 0) is 31.2 Å². The summed E-state index contributed by atoms with van der Waals surface area (Å²) in [5, 5.41) is 10.6. The lowest BCUT2D eigenvalue weighted by molar-refractivity contribution is 0.0600. The van der Waals surface area contributed by atoms with E-state index in [4.69, 9.17) is 21.1 Å². The Morgan fingerprint density at radius 2 is 2.00 bits per heavy atom. The van der Waals surface area contributed by atoms with Crippen LogP contribution in [0, 0.1) is 0 Å². The topological polar surface area (TPSA) is 108 Å². The number of phenolic OH excluding ortho intramolecular Hbond substituents is 1. The zero-order valence-corrected chi connectivity index (χ0v) is 20.2. The van der Waals surface area contributed by atoms with Crippen LogP contribution in [0.15, 0.2) is 53.7 Å². The zero-order chi connectivity index (χ0) is 23.9. The first kappa shape index (κ1) is 23.1. The molecule has 33 heavy (non-hydrogen) atoms. The Balaban J connectivity index is 1.79. The third kappa shape index (κ3) is 4.41. The molecule has 0 aliphatic carbocycles. The van der Waals surface area contributed by atoms with Gasteiger partial charge >= 0.3 is 5.97 Å². The third-order valence-corrected chi connectivity index (χ3v) is 7.61. The molecule has 0 fully saturated rings. The molecular weight excluding hydrogens is 488 g/mol. The number of methoxy groups -OCH3 is 1. The van der Waals surface area contributed by atoms with Crippen LogP contribution >= 0.6 is 22.9 Å². The molecule has 0 bridgehead atoms. The van der Waals surface area contributed by atoms with Crippen molar-refractivity contribution in [1.29, 1.82) is 0 Å². The first-order valence-electron chi connectivity index (χ1n) is 9.64. The average molecular weight is 507 g/mol. The summed E-state index contributed by atoms with van der Waals surface area (Å²) in [7, 11) is -2.15. The maximum absolute atomic E-state index is 12.4. The van der Waals surface area contributed by atoms with Crippen LogP contribution in [-0.4, -0.2) is 42.4 Å². The summed E-state index contributed by atoms with van der Waals surface area (Å²) in [6.07, 6.45) is 2.09. The number of aromatic nitrogens is 2. The highest BCUT2D eigenvalue weighted by Crippen LogP contribution is 2.39. The molecular formula is C22H19ClN2O6S2. The van der Waals surface area contributed by atoms with E-state index in [2.05, 4.69) is 4.98 Å². The lowest BCUT2D eigenvalue weighted by atomic mass is 10.1. The van der Waals surface area contributed by atoms with E-state index in [0.29, 0.717) is 21.6 Å². The number of halogens is 1. The molecule has 2 aromatic heterocycles. The monoisotopic (exact) mass is 506 g/mol. The number of benzene rings is 2. The van der Waals surface area contributed by atoms with Gasteiger partial charge in [-0.2, -0.15) is 0 Å². The number of esters is 1. The minimum absolute atomic E-state index is 0.0737. The molecule has 2 heterocycles. The summed E-state index contributed by atoms with van der Waals surface area (Å²) in [6.45, 7) is 1.74. The number of imidazole rings is 1. The number of aromatic hydroxyl groups is 1. The van der Waals surface area contributed by atoms with Crippen LogP contribution in [0.2, 0.25) is 5.02 Å². The van der Waals surface area contributed by atoms with Crippen molar-refractivity contribution in [2.24, 2.45) is 0 Å². The second-order valence-electron chi connectivity index (χ2n) is 7.25. The highest BCUT2D eigenvalue weighted by atomic mass is 35.5. The van der Waals surface area contributed by atoms with Gasteiger partial charge in [-0.1, -0.05) is 23.7 Å². The molecule has 4 aromatic rings. The maximum Gasteiger partial charge on any atom is 0.351 e. The summed E-state index contributed by atoms with van der Waals surface area (Å²) in [6, 6.07) is 11.1. The number of hydrogen-bond donors (Lipinski definition) is 1. The SMILES string of the molecule is COC(=O)c1sc(-n2cnc3ccc(S(C)(=O)=O)cc32)cc1O[C@H](C)c1cccc(O)c1Cl. The number of carbonyl (C=O) groups is 1.